The van der Waals surface area contributed by atoms with Crippen molar-refractivity contribution in [3.8, 4) is 0 Å². The first-order chi connectivity index (χ1) is 8.22. The Balaban J connectivity index is 2.17. The molecule has 1 aromatic carbocycles. The molecular formula is C13H15N3O. The summed E-state index contributed by atoms with van der Waals surface area (Å²) in [6.45, 7) is 3.41. The minimum Gasteiger partial charge on any atom is -0.361 e. The molecule has 1 aliphatic rings. The third-order valence-electron chi connectivity index (χ3n) is 3.47. The minimum atomic E-state index is -0.641. The lowest BCUT2D eigenvalue weighted by molar-refractivity contribution is -0.128. The van der Waals surface area contributed by atoms with E-state index in [1.165, 1.54) is 0 Å². The number of nitrogens with one attached hydrogen (secondary N) is 3. The Hall–Kier alpha value is -1.81. The van der Waals surface area contributed by atoms with E-state index in [2.05, 4.69) is 15.6 Å². The van der Waals surface area contributed by atoms with Crippen LogP contribution in [0.2, 0.25) is 0 Å². The zero-order chi connectivity index (χ0) is 11.9. The van der Waals surface area contributed by atoms with Gasteiger partial charge in [0.05, 0.1) is 0 Å². The molecule has 3 rings (SSSR count). The number of carbonyl (C=O) groups excluding carboxylic acids is 1. The predicted molar refractivity (Wildman–Crippen MR) is 66.7 cm³/mol. The number of aromatic nitrogens is 1. The van der Waals surface area contributed by atoms with Gasteiger partial charge in [-0.15, -0.1) is 0 Å². The molecule has 1 aliphatic heterocycles. The summed E-state index contributed by atoms with van der Waals surface area (Å²) in [5.74, 6) is 0.0357. The smallest absolute Gasteiger partial charge is 0.244 e. The molecule has 1 aromatic heterocycles. The number of hydrogen-bond donors (Lipinski definition) is 3. The van der Waals surface area contributed by atoms with Crippen molar-refractivity contribution in [3.05, 3.63) is 36.0 Å². The van der Waals surface area contributed by atoms with Crippen LogP contribution in [-0.2, 0) is 10.3 Å². The van der Waals surface area contributed by atoms with Crippen LogP contribution in [0.15, 0.2) is 30.5 Å². The van der Waals surface area contributed by atoms with E-state index >= 15 is 0 Å². The number of hydrogen-bond acceptors (Lipinski definition) is 2. The molecule has 1 saturated heterocycles. The van der Waals surface area contributed by atoms with E-state index in [1.54, 1.807) is 0 Å². The molecule has 4 nitrogen and oxygen atoms in total. The number of aromatic amines is 1. The fourth-order valence-corrected chi connectivity index (χ4v) is 2.45. The highest BCUT2D eigenvalue weighted by molar-refractivity contribution is 5.95. The first kappa shape index (κ1) is 10.4. The van der Waals surface area contributed by atoms with Crippen molar-refractivity contribution in [1.82, 2.24) is 15.6 Å². The first-order valence-corrected chi connectivity index (χ1v) is 5.82. The highest BCUT2D eigenvalue weighted by Crippen LogP contribution is 2.29. The van der Waals surface area contributed by atoms with Crippen molar-refractivity contribution < 1.29 is 4.79 Å². The molecule has 2 aromatic rings. The largest absolute Gasteiger partial charge is 0.361 e. The van der Waals surface area contributed by atoms with Crippen molar-refractivity contribution >= 4 is 16.8 Å². The molecular weight excluding hydrogens is 214 g/mol. The Bertz CT molecular complexity index is 575. The van der Waals surface area contributed by atoms with Crippen molar-refractivity contribution in [2.75, 3.05) is 13.1 Å². The normalized spacial score (nSPS) is 24.9. The number of piperazine rings is 1. The lowest BCUT2D eigenvalue weighted by atomic mass is 9.89. The summed E-state index contributed by atoms with van der Waals surface area (Å²) in [6.07, 6.45) is 1.92. The third-order valence-corrected chi connectivity index (χ3v) is 3.47. The highest BCUT2D eigenvalue weighted by Gasteiger charge is 2.38. The zero-order valence-electron chi connectivity index (χ0n) is 9.71. The van der Waals surface area contributed by atoms with Gasteiger partial charge in [-0.1, -0.05) is 18.2 Å². The molecule has 0 aliphatic carbocycles. The monoisotopic (exact) mass is 229 g/mol. The standard InChI is InChI=1S/C13H15N3O/c1-13(12(17)14-6-7-16-13)10-8-15-11-5-3-2-4-9(10)11/h2-5,8,15-16H,6-7H2,1H3,(H,14,17). The molecule has 1 unspecified atom stereocenters. The van der Waals surface area contributed by atoms with Gasteiger partial charge < -0.3 is 10.3 Å². The summed E-state index contributed by atoms with van der Waals surface area (Å²) in [4.78, 5) is 15.3. The van der Waals surface area contributed by atoms with Crippen molar-refractivity contribution in [1.29, 1.82) is 0 Å². The van der Waals surface area contributed by atoms with Crippen LogP contribution < -0.4 is 10.6 Å². The molecule has 0 saturated carbocycles. The number of H-pyrrole nitrogens is 1. The molecule has 0 bridgehead atoms. The number of benzene rings is 1. The Labute approximate surface area is 99.4 Å². The quantitative estimate of drug-likeness (QED) is 0.686. The second-order valence-electron chi connectivity index (χ2n) is 4.56. The number of para-hydroxylation sites is 1. The van der Waals surface area contributed by atoms with Gasteiger partial charge in [0.15, 0.2) is 0 Å². The number of fused-ring (bicyclic) bond motifs is 1. The zero-order valence-corrected chi connectivity index (χ0v) is 9.71. The lowest BCUT2D eigenvalue weighted by Crippen LogP contribution is -2.59. The molecule has 0 radical (unpaired) electrons. The maximum Gasteiger partial charge on any atom is 0.244 e. The maximum atomic E-state index is 12.1. The second kappa shape index (κ2) is 3.60. The van der Waals surface area contributed by atoms with Crippen LogP contribution in [0.5, 0.6) is 0 Å². The maximum absolute atomic E-state index is 12.1. The molecule has 1 atom stereocenters. The highest BCUT2D eigenvalue weighted by atomic mass is 16.2. The van der Waals surface area contributed by atoms with Crippen LogP contribution in [0.4, 0.5) is 0 Å². The summed E-state index contributed by atoms with van der Waals surface area (Å²) < 4.78 is 0. The summed E-state index contributed by atoms with van der Waals surface area (Å²) in [7, 11) is 0. The van der Waals surface area contributed by atoms with Gasteiger partial charge >= 0.3 is 0 Å². The third kappa shape index (κ3) is 1.45. The topological polar surface area (TPSA) is 56.9 Å². The number of rotatable bonds is 1. The fourth-order valence-electron chi connectivity index (χ4n) is 2.45. The van der Waals surface area contributed by atoms with E-state index in [4.69, 9.17) is 0 Å². The van der Waals surface area contributed by atoms with Crippen molar-refractivity contribution in [2.24, 2.45) is 0 Å². The Morgan fingerprint density at radius 1 is 1.24 bits per heavy atom. The molecule has 4 heteroatoms. The van der Waals surface area contributed by atoms with Crippen molar-refractivity contribution in [3.63, 3.8) is 0 Å². The van der Waals surface area contributed by atoms with Crippen LogP contribution in [0, 0.1) is 0 Å². The Morgan fingerprint density at radius 3 is 2.88 bits per heavy atom. The molecule has 1 fully saturated rings. The minimum absolute atomic E-state index is 0.0357. The second-order valence-corrected chi connectivity index (χ2v) is 4.56. The van der Waals surface area contributed by atoms with Crippen LogP contribution in [0.1, 0.15) is 12.5 Å². The molecule has 0 spiro atoms. The van der Waals surface area contributed by atoms with E-state index < -0.39 is 5.54 Å². The van der Waals surface area contributed by atoms with Crippen LogP contribution in [-0.4, -0.2) is 24.0 Å². The van der Waals surface area contributed by atoms with E-state index in [0.29, 0.717) is 6.54 Å². The number of carbonyl (C=O) groups is 1. The lowest BCUT2D eigenvalue weighted by Gasteiger charge is -2.33. The molecule has 1 amide bonds. The molecule has 2 heterocycles. The van der Waals surface area contributed by atoms with E-state index in [0.717, 1.165) is 23.0 Å². The van der Waals surface area contributed by atoms with Crippen LogP contribution >= 0.6 is 0 Å². The Kier molecular flexibility index (Phi) is 2.19. The van der Waals surface area contributed by atoms with E-state index in [1.807, 2.05) is 37.4 Å². The molecule has 17 heavy (non-hydrogen) atoms. The van der Waals surface area contributed by atoms with E-state index in [9.17, 15) is 4.79 Å². The first-order valence-electron chi connectivity index (χ1n) is 5.82. The SMILES string of the molecule is CC1(c2c[nH]c3ccccc23)NCCNC1=O. The van der Waals surface area contributed by atoms with Crippen molar-refractivity contribution in [2.45, 2.75) is 12.5 Å². The molecule has 88 valence electrons. The average molecular weight is 229 g/mol. The summed E-state index contributed by atoms with van der Waals surface area (Å²) in [6, 6.07) is 8.03. The molecule has 3 N–H and O–H groups in total. The van der Waals surface area contributed by atoms with E-state index in [-0.39, 0.29) is 5.91 Å². The number of amides is 1. The van der Waals surface area contributed by atoms with Gasteiger partial charge in [-0.05, 0) is 13.0 Å². The van der Waals surface area contributed by atoms with Gasteiger partial charge in [-0.3, -0.25) is 10.1 Å². The van der Waals surface area contributed by atoms with Gasteiger partial charge in [0.2, 0.25) is 5.91 Å². The van der Waals surface area contributed by atoms with Crippen LogP contribution in [0.3, 0.4) is 0 Å². The van der Waals surface area contributed by atoms with Crippen LogP contribution in [0.25, 0.3) is 10.9 Å². The van der Waals surface area contributed by atoms with Gasteiger partial charge in [0.1, 0.15) is 5.54 Å². The Morgan fingerprint density at radius 2 is 2.06 bits per heavy atom. The van der Waals surface area contributed by atoms with Gasteiger partial charge in [0, 0.05) is 35.8 Å². The summed E-state index contributed by atoms with van der Waals surface area (Å²) in [5, 5.41) is 7.31. The fraction of sp³-hybridized carbons (Fsp3) is 0.308. The van der Waals surface area contributed by atoms with Gasteiger partial charge in [-0.2, -0.15) is 0 Å². The average Bonchev–Trinajstić information content (AvgIpc) is 2.77. The summed E-state index contributed by atoms with van der Waals surface area (Å²) in [5.41, 5.74) is 1.42. The van der Waals surface area contributed by atoms with Gasteiger partial charge in [0.25, 0.3) is 0 Å². The van der Waals surface area contributed by atoms with Gasteiger partial charge in [-0.25, -0.2) is 0 Å². The predicted octanol–water partition coefficient (Wildman–Crippen LogP) is 1.10. The summed E-state index contributed by atoms with van der Waals surface area (Å²) >= 11 is 0.